The summed E-state index contributed by atoms with van der Waals surface area (Å²) in [7, 11) is 0. The van der Waals surface area contributed by atoms with Crippen molar-refractivity contribution < 1.29 is 4.79 Å². The second-order valence-electron chi connectivity index (χ2n) is 6.30. The van der Waals surface area contributed by atoms with Crippen molar-refractivity contribution in [2.75, 3.05) is 11.1 Å². The van der Waals surface area contributed by atoms with E-state index < -0.39 is 0 Å². The van der Waals surface area contributed by atoms with E-state index in [0.717, 1.165) is 23.0 Å². The van der Waals surface area contributed by atoms with Crippen LogP contribution in [0.25, 0.3) is 16.7 Å². The predicted octanol–water partition coefficient (Wildman–Crippen LogP) is 3.80. The number of benzene rings is 2. The molecule has 2 heterocycles. The molecule has 0 fully saturated rings. The highest BCUT2D eigenvalue weighted by atomic mass is 35.5. The number of amides is 1. The van der Waals surface area contributed by atoms with E-state index in [1.165, 1.54) is 6.20 Å². The van der Waals surface area contributed by atoms with E-state index in [1.807, 2.05) is 43.3 Å². The maximum absolute atomic E-state index is 12.4. The summed E-state index contributed by atoms with van der Waals surface area (Å²) in [5.41, 5.74) is 2.48. The lowest BCUT2D eigenvalue weighted by Crippen LogP contribution is -2.15. The summed E-state index contributed by atoms with van der Waals surface area (Å²) in [5, 5.41) is 8.36. The van der Waals surface area contributed by atoms with Gasteiger partial charge >= 0.3 is 0 Å². The molecule has 4 rings (SSSR count). The van der Waals surface area contributed by atoms with Crippen molar-refractivity contribution in [1.29, 1.82) is 0 Å². The van der Waals surface area contributed by atoms with E-state index in [4.69, 9.17) is 11.6 Å². The number of aromatic nitrogens is 4. The number of aromatic amines is 1. The van der Waals surface area contributed by atoms with E-state index in [1.54, 1.807) is 16.8 Å². The van der Waals surface area contributed by atoms with E-state index in [9.17, 15) is 9.59 Å². The summed E-state index contributed by atoms with van der Waals surface area (Å²) in [6.07, 6.45) is 1.48. The number of rotatable bonds is 5. The maximum atomic E-state index is 12.4. The minimum atomic E-state index is -0.301. The van der Waals surface area contributed by atoms with Gasteiger partial charge in [-0.05, 0) is 36.8 Å². The SMILES string of the molecule is Cc1ccc(NC(=O)CSc2nc3c(cnn3-c3ccccc3)c(=O)[nH]2)cc1Cl. The minimum absolute atomic E-state index is 0.0828. The Hall–Kier alpha value is -3.10. The smallest absolute Gasteiger partial charge is 0.262 e. The highest BCUT2D eigenvalue weighted by Crippen LogP contribution is 2.21. The minimum Gasteiger partial charge on any atom is -0.325 e. The van der Waals surface area contributed by atoms with Crippen LogP contribution in [0.1, 0.15) is 5.56 Å². The number of halogens is 1. The number of nitrogens with zero attached hydrogens (tertiary/aromatic N) is 3. The highest BCUT2D eigenvalue weighted by molar-refractivity contribution is 7.99. The van der Waals surface area contributed by atoms with Gasteiger partial charge in [0.05, 0.1) is 17.6 Å². The van der Waals surface area contributed by atoms with Crippen molar-refractivity contribution in [2.24, 2.45) is 0 Å². The second kappa shape index (κ2) is 8.10. The first-order valence-corrected chi connectivity index (χ1v) is 10.1. The Balaban J connectivity index is 1.53. The standard InChI is InChI=1S/C20H16ClN5O2S/c1-12-7-8-13(9-16(12)21)23-17(27)11-29-20-24-18-15(19(28)25-20)10-22-26(18)14-5-3-2-4-6-14/h2-10H,11H2,1H3,(H,23,27)(H,24,25,28). The first-order valence-electron chi connectivity index (χ1n) is 8.73. The number of hydrogen-bond acceptors (Lipinski definition) is 5. The quantitative estimate of drug-likeness (QED) is 0.374. The summed E-state index contributed by atoms with van der Waals surface area (Å²) < 4.78 is 1.60. The fourth-order valence-corrected chi connectivity index (χ4v) is 3.56. The lowest BCUT2D eigenvalue weighted by atomic mass is 10.2. The third-order valence-electron chi connectivity index (χ3n) is 4.21. The Labute approximate surface area is 175 Å². The number of fused-ring (bicyclic) bond motifs is 1. The molecule has 0 spiro atoms. The van der Waals surface area contributed by atoms with Crippen molar-refractivity contribution in [3.8, 4) is 5.69 Å². The molecule has 2 aromatic heterocycles. The zero-order valence-corrected chi connectivity index (χ0v) is 16.9. The van der Waals surface area contributed by atoms with Crippen LogP contribution in [0.5, 0.6) is 0 Å². The second-order valence-corrected chi connectivity index (χ2v) is 7.67. The van der Waals surface area contributed by atoms with Crippen LogP contribution in [0.2, 0.25) is 5.02 Å². The number of thioether (sulfide) groups is 1. The number of anilines is 1. The molecule has 9 heteroatoms. The summed E-state index contributed by atoms with van der Waals surface area (Å²) in [5.74, 6) is -0.145. The molecule has 2 N–H and O–H groups in total. The highest BCUT2D eigenvalue weighted by Gasteiger charge is 2.13. The van der Waals surface area contributed by atoms with Crippen molar-refractivity contribution in [3.63, 3.8) is 0 Å². The predicted molar refractivity (Wildman–Crippen MR) is 115 cm³/mol. The Morgan fingerprint density at radius 2 is 2.03 bits per heavy atom. The molecular formula is C20H16ClN5O2S. The molecule has 0 saturated heterocycles. The van der Waals surface area contributed by atoms with E-state index >= 15 is 0 Å². The number of aryl methyl sites for hydroxylation is 1. The molecule has 0 bridgehead atoms. The fourth-order valence-electron chi connectivity index (χ4n) is 2.73. The van der Waals surface area contributed by atoms with Crippen LogP contribution in [0.3, 0.4) is 0 Å². The van der Waals surface area contributed by atoms with Gasteiger partial charge in [-0.25, -0.2) is 9.67 Å². The lowest BCUT2D eigenvalue weighted by molar-refractivity contribution is -0.113. The van der Waals surface area contributed by atoms with Crippen LogP contribution in [-0.4, -0.2) is 31.4 Å². The van der Waals surface area contributed by atoms with Gasteiger partial charge in [0.25, 0.3) is 5.56 Å². The fraction of sp³-hybridized carbons (Fsp3) is 0.100. The molecule has 0 aliphatic heterocycles. The van der Waals surface area contributed by atoms with Gasteiger partial charge in [0.2, 0.25) is 5.91 Å². The molecular weight excluding hydrogens is 410 g/mol. The molecule has 0 saturated carbocycles. The number of carbonyl (C=O) groups excluding carboxylic acids is 1. The largest absolute Gasteiger partial charge is 0.325 e. The van der Waals surface area contributed by atoms with Gasteiger partial charge in [-0.2, -0.15) is 5.10 Å². The number of hydrogen-bond donors (Lipinski definition) is 2. The average molecular weight is 426 g/mol. The maximum Gasteiger partial charge on any atom is 0.262 e. The Morgan fingerprint density at radius 3 is 2.79 bits per heavy atom. The van der Waals surface area contributed by atoms with E-state index in [-0.39, 0.29) is 17.2 Å². The van der Waals surface area contributed by atoms with Crippen LogP contribution in [0, 0.1) is 6.92 Å². The van der Waals surface area contributed by atoms with Crippen molar-refractivity contribution in [2.45, 2.75) is 12.1 Å². The molecule has 0 aliphatic carbocycles. The molecule has 1 amide bonds. The molecule has 0 atom stereocenters. The molecule has 0 unspecified atom stereocenters. The molecule has 0 radical (unpaired) electrons. The first kappa shape index (κ1) is 19.2. The third-order valence-corrected chi connectivity index (χ3v) is 5.49. The van der Waals surface area contributed by atoms with Gasteiger partial charge < -0.3 is 10.3 Å². The summed E-state index contributed by atoms with van der Waals surface area (Å²) in [6.45, 7) is 1.89. The number of para-hydroxylation sites is 1. The van der Waals surface area contributed by atoms with Gasteiger partial charge in [-0.15, -0.1) is 0 Å². The van der Waals surface area contributed by atoms with Crippen LogP contribution in [0.15, 0.2) is 64.7 Å². The molecule has 4 aromatic rings. The third kappa shape index (κ3) is 4.18. The molecule has 2 aromatic carbocycles. The van der Waals surface area contributed by atoms with Crippen LogP contribution in [0.4, 0.5) is 5.69 Å². The summed E-state index contributed by atoms with van der Waals surface area (Å²) >= 11 is 7.22. The Kier molecular flexibility index (Phi) is 5.37. The number of carbonyl (C=O) groups is 1. The molecule has 7 nitrogen and oxygen atoms in total. The summed E-state index contributed by atoms with van der Waals surface area (Å²) in [6, 6.07) is 14.7. The van der Waals surface area contributed by atoms with E-state index in [0.29, 0.717) is 26.9 Å². The lowest BCUT2D eigenvalue weighted by Gasteiger charge is -2.07. The van der Waals surface area contributed by atoms with Gasteiger partial charge in [-0.1, -0.05) is 47.6 Å². The van der Waals surface area contributed by atoms with Gasteiger partial charge in [0.15, 0.2) is 10.8 Å². The van der Waals surface area contributed by atoms with Gasteiger partial charge in [-0.3, -0.25) is 9.59 Å². The van der Waals surface area contributed by atoms with Crippen LogP contribution in [-0.2, 0) is 4.79 Å². The number of H-pyrrole nitrogens is 1. The van der Waals surface area contributed by atoms with E-state index in [2.05, 4.69) is 20.4 Å². The normalized spacial score (nSPS) is 11.0. The molecule has 29 heavy (non-hydrogen) atoms. The van der Waals surface area contributed by atoms with Crippen LogP contribution < -0.4 is 10.9 Å². The zero-order chi connectivity index (χ0) is 20.4. The Morgan fingerprint density at radius 1 is 1.24 bits per heavy atom. The van der Waals surface area contributed by atoms with Crippen molar-refractivity contribution in [1.82, 2.24) is 19.7 Å². The van der Waals surface area contributed by atoms with Crippen molar-refractivity contribution in [3.05, 3.63) is 75.7 Å². The van der Waals surface area contributed by atoms with Gasteiger partial charge in [0, 0.05) is 10.7 Å². The van der Waals surface area contributed by atoms with Crippen molar-refractivity contribution >= 4 is 46.0 Å². The summed E-state index contributed by atoms with van der Waals surface area (Å²) in [4.78, 5) is 31.8. The topological polar surface area (TPSA) is 92.7 Å². The zero-order valence-electron chi connectivity index (χ0n) is 15.3. The average Bonchev–Trinajstić information content (AvgIpc) is 3.14. The molecule has 0 aliphatic rings. The Bertz CT molecular complexity index is 1250. The first-order chi connectivity index (χ1) is 14.0. The molecule has 146 valence electrons. The monoisotopic (exact) mass is 425 g/mol. The van der Waals surface area contributed by atoms with Crippen LogP contribution >= 0.6 is 23.4 Å². The van der Waals surface area contributed by atoms with Gasteiger partial charge in [0.1, 0.15) is 5.39 Å². The number of nitrogens with one attached hydrogen (secondary N) is 2.